The molecule has 12 heavy (non-hydrogen) atoms. The fraction of sp³-hybridized carbons (Fsp3) is 0.625. The Hall–Kier alpha value is -0.280. The number of halogens is 1. The average molecular weight is 205 g/mol. The van der Waals surface area contributed by atoms with Crippen LogP contribution in [0.1, 0.15) is 20.3 Å². The first-order chi connectivity index (χ1) is 5.74. The highest BCUT2D eigenvalue weighted by atomic mass is 35.5. The van der Waals surface area contributed by atoms with Crippen molar-refractivity contribution in [3.8, 4) is 0 Å². The average Bonchev–Trinajstić information content (AvgIpc) is 2.55. The molecule has 0 radical (unpaired) electrons. The third-order valence-corrected chi connectivity index (χ3v) is 3.11. The molecular formula is C8H13ClN2S. The number of hydrogen-bond acceptors (Lipinski definition) is 3. The monoisotopic (exact) mass is 204 g/mol. The summed E-state index contributed by atoms with van der Waals surface area (Å²) < 4.78 is 0. The topological polar surface area (TPSA) is 24.9 Å². The predicted molar refractivity (Wildman–Crippen MR) is 55.1 cm³/mol. The molecule has 0 amide bonds. The van der Waals surface area contributed by atoms with Gasteiger partial charge in [0.15, 0.2) is 5.13 Å². The van der Waals surface area contributed by atoms with E-state index in [1.807, 2.05) is 5.38 Å². The van der Waals surface area contributed by atoms with E-state index in [1.54, 1.807) is 17.5 Å². The normalized spacial score (nSPS) is 15.6. The van der Waals surface area contributed by atoms with E-state index >= 15 is 0 Å². The van der Waals surface area contributed by atoms with Crippen LogP contribution < -0.4 is 5.32 Å². The smallest absolute Gasteiger partial charge is 0.182 e. The van der Waals surface area contributed by atoms with Crippen LogP contribution >= 0.6 is 22.9 Å². The van der Waals surface area contributed by atoms with Crippen molar-refractivity contribution >= 4 is 28.1 Å². The van der Waals surface area contributed by atoms with Gasteiger partial charge in [-0.15, -0.1) is 22.9 Å². The number of anilines is 1. The summed E-state index contributed by atoms with van der Waals surface area (Å²) in [5.41, 5.74) is 0. The van der Waals surface area contributed by atoms with Gasteiger partial charge >= 0.3 is 0 Å². The Morgan fingerprint density at radius 3 is 3.00 bits per heavy atom. The second-order valence-electron chi connectivity index (χ2n) is 2.69. The third-order valence-electron chi connectivity index (χ3n) is 1.72. The second-order valence-corrected chi connectivity index (χ2v) is 4.15. The van der Waals surface area contributed by atoms with E-state index in [0.717, 1.165) is 11.6 Å². The van der Waals surface area contributed by atoms with Gasteiger partial charge in [-0.3, -0.25) is 0 Å². The quantitative estimate of drug-likeness (QED) is 0.763. The van der Waals surface area contributed by atoms with Gasteiger partial charge in [0.25, 0.3) is 0 Å². The summed E-state index contributed by atoms with van der Waals surface area (Å²) in [4.78, 5) is 4.12. The van der Waals surface area contributed by atoms with E-state index in [0.29, 0.717) is 0 Å². The Balaban J connectivity index is 2.41. The zero-order valence-corrected chi connectivity index (χ0v) is 8.82. The van der Waals surface area contributed by atoms with Gasteiger partial charge < -0.3 is 5.32 Å². The number of nitrogens with zero attached hydrogens (tertiary/aromatic N) is 1. The lowest BCUT2D eigenvalue weighted by Gasteiger charge is -2.16. The molecule has 0 saturated carbocycles. The molecule has 0 aliphatic rings. The maximum Gasteiger partial charge on any atom is 0.182 e. The molecule has 1 heterocycles. The molecule has 68 valence electrons. The molecule has 0 bridgehead atoms. The Bertz CT molecular complexity index is 213. The highest BCUT2D eigenvalue weighted by Gasteiger charge is 2.12. The lowest BCUT2D eigenvalue weighted by molar-refractivity contribution is 0.699. The summed E-state index contributed by atoms with van der Waals surface area (Å²) in [5.74, 6) is 0. The Labute approximate surface area is 82.0 Å². The molecule has 1 N–H and O–H groups in total. The lowest BCUT2D eigenvalue weighted by atomic mass is 10.2. The maximum absolute atomic E-state index is 6.05. The van der Waals surface area contributed by atoms with Gasteiger partial charge in [0.2, 0.25) is 0 Å². The van der Waals surface area contributed by atoms with Crippen molar-refractivity contribution in [3.05, 3.63) is 11.6 Å². The molecule has 0 aromatic carbocycles. The molecule has 4 heteroatoms. The number of rotatable bonds is 4. The Morgan fingerprint density at radius 2 is 2.50 bits per heavy atom. The van der Waals surface area contributed by atoms with Gasteiger partial charge in [0.05, 0.1) is 5.38 Å². The fourth-order valence-electron chi connectivity index (χ4n) is 0.933. The number of thiazole rings is 1. The van der Waals surface area contributed by atoms with Gasteiger partial charge in [0.1, 0.15) is 0 Å². The first-order valence-electron chi connectivity index (χ1n) is 4.04. The number of hydrogen-bond donors (Lipinski definition) is 1. The van der Waals surface area contributed by atoms with E-state index < -0.39 is 0 Å². The van der Waals surface area contributed by atoms with E-state index in [1.165, 1.54) is 0 Å². The summed E-state index contributed by atoms with van der Waals surface area (Å²) >= 11 is 7.65. The van der Waals surface area contributed by atoms with Crippen LogP contribution in [0, 0.1) is 0 Å². The minimum absolute atomic E-state index is 0.175. The van der Waals surface area contributed by atoms with Gasteiger partial charge in [-0.1, -0.05) is 6.92 Å². The van der Waals surface area contributed by atoms with Crippen LogP contribution in [0.3, 0.4) is 0 Å². The van der Waals surface area contributed by atoms with Crippen LogP contribution in [0.15, 0.2) is 11.6 Å². The van der Waals surface area contributed by atoms with Crippen LogP contribution in [0.25, 0.3) is 0 Å². The van der Waals surface area contributed by atoms with Crippen LogP contribution in [-0.2, 0) is 0 Å². The second kappa shape index (κ2) is 4.67. The Kier molecular flexibility index (Phi) is 3.82. The van der Waals surface area contributed by atoms with Crippen molar-refractivity contribution in [3.63, 3.8) is 0 Å². The van der Waals surface area contributed by atoms with Crippen molar-refractivity contribution in [1.29, 1.82) is 0 Å². The van der Waals surface area contributed by atoms with Gasteiger partial charge in [-0.05, 0) is 13.3 Å². The van der Waals surface area contributed by atoms with Crippen molar-refractivity contribution in [2.24, 2.45) is 0 Å². The minimum Gasteiger partial charge on any atom is -0.358 e. The van der Waals surface area contributed by atoms with E-state index in [-0.39, 0.29) is 11.4 Å². The maximum atomic E-state index is 6.05. The van der Waals surface area contributed by atoms with Crippen LogP contribution in [0.5, 0.6) is 0 Å². The molecule has 0 fully saturated rings. The molecule has 2 nitrogen and oxygen atoms in total. The van der Waals surface area contributed by atoms with Gasteiger partial charge in [-0.25, -0.2) is 4.98 Å². The van der Waals surface area contributed by atoms with Crippen LogP contribution in [-0.4, -0.2) is 16.4 Å². The van der Waals surface area contributed by atoms with Crippen molar-refractivity contribution in [2.45, 2.75) is 31.7 Å². The zero-order chi connectivity index (χ0) is 8.97. The molecule has 0 saturated heterocycles. The number of alkyl halides is 1. The molecule has 1 aromatic heterocycles. The van der Waals surface area contributed by atoms with E-state index in [4.69, 9.17) is 11.6 Å². The number of nitrogens with one attached hydrogen (secondary N) is 1. The molecular weight excluding hydrogens is 192 g/mol. The predicted octanol–water partition coefficient (Wildman–Crippen LogP) is 2.96. The largest absolute Gasteiger partial charge is 0.358 e. The molecule has 0 aliphatic carbocycles. The first kappa shape index (κ1) is 9.81. The molecule has 2 atom stereocenters. The van der Waals surface area contributed by atoms with Crippen LogP contribution in [0.4, 0.5) is 5.13 Å². The summed E-state index contributed by atoms with van der Waals surface area (Å²) in [6, 6.07) is 0.280. The summed E-state index contributed by atoms with van der Waals surface area (Å²) in [5, 5.41) is 6.32. The van der Waals surface area contributed by atoms with Crippen LogP contribution in [0.2, 0.25) is 0 Å². The van der Waals surface area contributed by atoms with Crippen molar-refractivity contribution in [1.82, 2.24) is 4.98 Å². The van der Waals surface area contributed by atoms with Gasteiger partial charge in [-0.2, -0.15) is 0 Å². The first-order valence-corrected chi connectivity index (χ1v) is 5.35. The highest BCUT2D eigenvalue weighted by Crippen LogP contribution is 2.16. The molecule has 0 aliphatic heterocycles. The third kappa shape index (κ3) is 2.64. The molecule has 1 aromatic rings. The van der Waals surface area contributed by atoms with E-state index in [9.17, 15) is 0 Å². The van der Waals surface area contributed by atoms with E-state index in [2.05, 4.69) is 24.1 Å². The molecule has 0 spiro atoms. The zero-order valence-electron chi connectivity index (χ0n) is 7.25. The highest BCUT2D eigenvalue weighted by molar-refractivity contribution is 7.13. The van der Waals surface area contributed by atoms with Crippen molar-refractivity contribution < 1.29 is 0 Å². The lowest BCUT2D eigenvalue weighted by Crippen LogP contribution is -2.25. The SMILES string of the molecule is CCC(Cl)C(C)Nc1nccs1. The minimum atomic E-state index is 0.175. The fourth-order valence-corrected chi connectivity index (χ4v) is 1.62. The Morgan fingerprint density at radius 1 is 1.75 bits per heavy atom. The molecule has 1 rings (SSSR count). The van der Waals surface area contributed by atoms with Gasteiger partial charge in [0, 0.05) is 17.6 Å². The standard InChI is InChI=1S/C8H13ClN2S/c1-3-7(9)6(2)11-8-10-4-5-12-8/h4-7H,3H2,1-2H3,(H,10,11). The number of aromatic nitrogens is 1. The summed E-state index contributed by atoms with van der Waals surface area (Å²) in [7, 11) is 0. The van der Waals surface area contributed by atoms with Crippen molar-refractivity contribution in [2.75, 3.05) is 5.32 Å². The molecule has 2 unspecified atom stereocenters. The summed E-state index contributed by atoms with van der Waals surface area (Å²) in [6.45, 7) is 4.15. The summed E-state index contributed by atoms with van der Waals surface area (Å²) in [6.07, 6.45) is 2.76.